The van der Waals surface area contributed by atoms with Gasteiger partial charge in [-0.1, -0.05) is 0 Å². The van der Waals surface area contributed by atoms with Gasteiger partial charge in [-0.25, -0.2) is 0 Å². The zero-order valence-electron chi connectivity index (χ0n) is 8.77. The molecule has 2 aromatic rings. The third-order valence-corrected chi connectivity index (χ3v) is 2.51. The predicted molar refractivity (Wildman–Crippen MR) is 63.9 cm³/mol. The average molecular weight is 238 g/mol. The molecule has 16 heavy (non-hydrogen) atoms. The van der Waals surface area contributed by atoms with E-state index >= 15 is 0 Å². The second-order valence-corrected chi connectivity index (χ2v) is 3.75. The second kappa shape index (κ2) is 5.61. The van der Waals surface area contributed by atoms with E-state index in [9.17, 15) is 0 Å². The van der Waals surface area contributed by atoms with Gasteiger partial charge in [0.1, 0.15) is 0 Å². The summed E-state index contributed by atoms with van der Waals surface area (Å²) in [6.07, 6.45) is 0. The van der Waals surface area contributed by atoms with Gasteiger partial charge in [0.25, 0.3) is 0 Å². The van der Waals surface area contributed by atoms with Gasteiger partial charge in [-0.3, -0.25) is 0 Å². The Morgan fingerprint density at radius 3 is 1.56 bits per heavy atom. The SMILES string of the molecule is [Ti]=[C]=C=C(c1ccccc1)c1ccccc1. The molecule has 2 aromatic carbocycles. The molecule has 0 aliphatic rings. The van der Waals surface area contributed by atoms with E-state index in [2.05, 4.69) is 34.0 Å². The topological polar surface area (TPSA) is 0 Å². The molecule has 1 heteroatoms. The number of hydrogen-bond donors (Lipinski definition) is 0. The molecule has 0 N–H and O–H groups in total. The summed E-state index contributed by atoms with van der Waals surface area (Å²) in [5, 5.41) is 0. The fourth-order valence-corrected chi connectivity index (χ4v) is 1.78. The second-order valence-electron chi connectivity index (χ2n) is 3.36. The first-order valence-electron chi connectivity index (χ1n) is 5.07. The minimum absolute atomic E-state index is 1.09. The van der Waals surface area contributed by atoms with Crippen LogP contribution in [0.4, 0.5) is 0 Å². The summed E-state index contributed by atoms with van der Waals surface area (Å²) in [4.78, 5) is 0. The van der Waals surface area contributed by atoms with Crippen LogP contribution in [0.15, 0.2) is 66.4 Å². The van der Waals surface area contributed by atoms with Gasteiger partial charge in [-0.2, -0.15) is 0 Å². The molecule has 0 heterocycles. The molecule has 0 spiro atoms. The van der Waals surface area contributed by atoms with Crippen LogP contribution >= 0.6 is 0 Å². The summed E-state index contributed by atoms with van der Waals surface area (Å²) in [5.41, 5.74) is 6.61. The zero-order chi connectivity index (χ0) is 11.2. The van der Waals surface area contributed by atoms with Gasteiger partial charge in [-0.15, -0.1) is 0 Å². The number of hydrogen-bond acceptors (Lipinski definition) is 0. The van der Waals surface area contributed by atoms with Crippen LogP contribution in [0.5, 0.6) is 0 Å². The molecule has 0 atom stereocenters. The van der Waals surface area contributed by atoms with Crippen molar-refractivity contribution < 1.29 is 20.0 Å². The van der Waals surface area contributed by atoms with E-state index in [1.165, 1.54) is 11.1 Å². The molecule has 0 amide bonds. The summed E-state index contributed by atoms with van der Waals surface area (Å²) in [7, 11) is 0. The van der Waals surface area contributed by atoms with Crippen molar-refractivity contribution in [3.8, 4) is 0 Å². The van der Waals surface area contributed by atoms with Crippen molar-refractivity contribution in [3.05, 3.63) is 77.5 Å². The Labute approximate surface area is 107 Å². The monoisotopic (exact) mass is 238 g/mol. The Hall–Kier alpha value is -1.42. The van der Waals surface area contributed by atoms with Crippen LogP contribution in [0.2, 0.25) is 0 Å². The van der Waals surface area contributed by atoms with Crippen molar-refractivity contribution in [1.82, 2.24) is 0 Å². The molecular weight excluding hydrogens is 228 g/mol. The Balaban J connectivity index is 2.58. The van der Waals surface area contributed by atoms with Gasteiger partial charge in [0.05, 0.1) is 0 Å². The van der Waals surface area contributed by atoms with Crippen molar-refractivity contribution in [2.24, 2.45) is 0 Å². The van der Waals surface area contributed by atoms with E-state index in [1.807, 2.05) is 56.4 Å². The van der Waals surface area contributed by atoms with Crippen LogP contribution in [0, 0.1) is 0 Å². The van der Waals surface area contributed by atoms with E-state index in [-0.39, 0.29) is 0 Å². The summed E-state index contributed by atoms with van der Waals surface area (Å²) in [5.74, 6) is 0. The molecule has 0 saturated carbocycles. The molecule has 0 aromatic heterocycles. The van der Waals surface area contributed by atoms with E-state index in [0.717, 1.165) is 5.57 Å². The van der Waals surface area contributed by atoms with Gasteiger partial charge in [-0.05, 0) is 0 Å². The predicted octanol–water partition coefficient (Wildman–Crippen LogP) is 3.22. The molecule has 0 aliphatic heterocycles. The zero-order valence-corrected chi connectivity index (χ0v) is 10.3. The first-order chi connectivity index (χ1) is 7.92. The molecule has 0 fully saturated rings. The van der Waals surface area contributed by atoms with Crippen molar-refractivity contribution in [1.29, 1.82) is 0 Å². The first kappa shape index (κ1) is 11.1. The Morgan fingerprint density at radius 1 is 0.750 bits per heavy atom. The molecular formula is C15H10Ti. The van der Waals surface area contributed by atoms with E-state index in [4.69, 9.17) is 0 Å². The fraction of sp³-hybridized carbons (Fsp3) is 0. The Kier molecular flexibility index (Phi) is 3.88. The van der Waals surface area contributed by atoms with Crippen molar-refractivity contribution in [2.75, 3.05) is 0 Å². The minimum atomic E-state index is 1.09. The van der Waals surface area contributed by atoms with Gasteiger partial charge in [0.15, 0.2) is 0 Å². The van der Waals surface area contributed by atoms with E-state index in [1.54, 1.807) is 0 Å². The summed E-state index contributed by atoms with van der Waals surface area (Å²) in [6.45, 7) is 0. The standard InChI is InChI=1S/C15H10.Ti/c1-2-15(13-9-5-3-6-10-13)14-11-7-4-8-12-14;/h3-12H;. The summed E-state index contributed by atoms with van der Waals surface area (Å²) >= 11 is 1.87. The molecule has 0 bridgehead atoms. The molecule has 0 radical (unpaired) electrons. The van der Waals surface area contributed by atoms with Gasteiger partial charge in [0, 0.05) is 0 Å². The summed E-state index contributed by atoms with van der Waals surface area (Å²) in [6, 6.07) is 20.5. The van der Waals surface area contributed by atoms with Crippen molar-refractivity contribution >= 4 is 9.54 Å². The molecule has 0 saturated heterocycles. The van der Waals surface area contributed by atoms with Gasteiger partial charge < -0.3 is 0 Å². The van der Waals surface area contributed by atoms with Crippen LogP contribution in [-0.4, -0.2) is 3.97 Å². The normalized spacial score (nSPS) is 8.94. The van der Waals surface area contributed by atoms with Crippen LogP contribution in [0.25, 0.3) is 5.57 Å². The quantitative estimate of drug-likeness (QED) is 0.556. The third kappa shape index (κ3) is 2.58. The Bertz CT molecular complexity index is 501. The molecule has 0 aliphatic carbocycles. The van der Waals surface area contributed by atoms with Crippen LogP contribution in [-0.2, 0) is 20.0 Å². The average Bonchev–Trinajstić information content (AvgIpc) is 2.38. The van der Waals surface area contributed by atoms with Gasteiger partial charge >= 0.3 is 107 Å². The maximum absolute atomic E-state index is 3.18. The van der Waals surface area contributed by atoms with Crippen LogP contribution < -0.4 is 0 Å². The van der Waals surface area contributed by atoms with Crippen LogP contribution in [0.1, 0.15) is 11.1 Å². The van der Waals surface area contributed by atoms with Gasteiger partial charge in [0.2, 0.25) is 0 Å². The number of benzene rings is 2. The van der Waals surface area contributed by atoms with E-state index in [0.29, 0.717) is 0 Å². The molecule has 2 rings (SSSR count). The maximum atomic E-state index is 3.18. The van der Waals surface area contributed by atoms with E-state index < -0.39 is 0 Å². The first-order valence-corrected chi connectivity index (χ1v) is 5.85. The Morgan fingerprint density at radius 2 is 1.19 bits per heavy atom. The van der Waals surface area contributed by atoms with Crippen LogP contribution in [0.3, 0.4) is 0 Å². The summed E-state index contributed by atoms with van der Waals surface area (Å²) < 4.78 is 2.98. The number of rotatable bonds is 2. The molecule has 0 nitrogen and oxygen atoms in total. The molecule has 0 unspecified atom stereocenters. The third-order valence-electron chi connectivity index (χ3n) is 2.31. The van der Waals surface area contributed by atoms with Crippen molar-refractivity contribution in [2.45, 2.75) is 0 Å². The fourth-order valence-electron chi connectivity index (χ4n) is 1.58. The van der Waals surface area contributed by atoms with Crippen molar-refractivity contribution in [3.63, 3.8) is 0 Å². The molecule has 74 valence electrons.